The van der Waals surface area contributed by atoms with Crippen molar-refractivity contribution in [3.63, 3.8) is 0 Å². The SMILES string of the molecule is NCCCCn1c(-c2ccc(N)cc2)nc2cc3c(cc21)OCO3. The van der Waals surface area contributed by atoms with E-state index < -0.39 is 0 Å². The molecule has 6 heteroatoms. The second-order valence-electron chi connectivity index (χ2n) is 5.90. The van der Waals surface area contributed by atoms with Gasteiger partial charge in [-0.2, -0.15) is 0 Å². The fraction of sp³-hybridized carbons (Fsp3) is 0.278. The van der Waals surface area contributed by atoms with Crippen molar-refractivity contribution >= 4 is 16.7 Å². The minimum Gasteiger partial charge on any atom is -0.454 e. The van der Waals surface area contributed by atoms with Gasteiger partial charge in [-0.15, -0.1) is 0 Å². The van der Waals surface area contributed by atoms with Gasteiger partial charge in [0.15, 0.2) is 11.5 Å². The van der Waals surface area contributed by atoms with Crippen LogP contribution in [0.1, 0.15) is 12.8 Å². The van der Waals surface area contributed by atoms with Gasteiger partial charge in [0.1, 0.15) is 5.82 Å². The first-order valence-corrected chi connectivity index (χ1v) is 8.12. The van der Waals surface area contributed by atoms with Crippen molar-refractivity contribution in [1.82, 2.24) is 9.55 Å². The van der Waals surface area contributed by atoms with E-state index in [9.17, 15) is 0 Å². The summed E-state index contributed by atoms with van der Waals surface area (Å²) in [6.07, 6.45) is 1.98. The maximum Gasteiger partial charge on any atom is 0.231 e. The Hall–Kier alpha value is -2.73. The van der Waals surface area contributed by atoms with Crippen molar-refractivity contribution in [2.75, 3.05) is 19.1 Å². The molecule has 0 atom stereocenters. The normalized spacial score (nSPS) is 12.9. The first-order chi connectivity index (χ1) is 11.8. The van der Waals surface area contributed by atoms with Crippen LogP contribution in [0.2, 0.25) is 0 Å². The topological polar surface area (TPSA) is 88.3 Å². The highest BCUT2D eigenvalue weighted by Crippen LogP contribution is 2.37. The van der Waals surface area contributed by atoms with Gasteiger partial charge < -0.3 is 25.5 Å². The molecule has 1 aliphatic rings. The first kappa shape index (κ1) is 14.8. The summed E-state index contributed by atoms with van der Waals surface area (Å²) >= 11 is 0. The van der Waals surface area contributed by atoms with E-state index in [-0.39, 0.29) is 6.79 Å². The first-order valence-electron chi connectivity index (χ1n) is 8.12. The van der Waals surface area contributed by atoms with Gasteiger partial charge in [0.05, 0.1) is 11.0 Å². The van der Waals surface area contributed by atoms with E-state index in [2.05, 4.69) is 4.57 Å². The number of hydrogen-bond acceptors (Lipinski definition) is 5. The molecule has 0 unspecified atom stereocenters. The van der Waals surface area contributed by atoms with Gasteiger partial charge in [0, 0.05) is 29.9 Å². The van der Waals surface area contributed by atoms with E-state index in [0.29, 0.717) is 6.54 Å². The molecule has 2 aromatic carbocycles. The number of rotatable bonds is 5. The predicted molar refractivity (Wildman–Crippen MR) is 94.0 cm³/mol. The summed E-state index contributed by atoms with van der Waals surface area (Å²) in [5.74, 6) is 2.44. The van der Waals surface area contributed by atoms with Gasteiger partial charge in [0.2, 0.25) is 6.79 Å². The van der Waals surface area contributed by atoms with Gasteiger partial charge in [-0.1, -0.05) is 0 Å². The maximum absolute atomic E-state index is 5.81. The Kier molecular flexibility index (Phi) is 3.74. The maximum atomic E-state index is 5.81. The van der Waals surface area contributed by atoms with Gasteiger partial charge >= 0.3 is 0 Å². The highest BCUT2D eigenvalue weighted by molar-refractivity contribution is 5.84. The lowest BCUT2D eigenvalue weighted by Crippen LogP contribution is -2.04. The average molecular weight is 324 g/mol. The summed E-state index contributed by atoms with van der Waals surface area (Å²) in [5.41, 5.74) is 15.2. The number of nitrogens with two attached hydrogens (primary N) is 2. The minimum absolute atomic E-state index is 0.264. The largest absolute Gasteiger partial charge is 0.454 e. The smallest absolute Gasteiger partial charge is 0.231 e. The lowest BCUT2D eigenvalue weighted by Gasteiger charge is -2.09. The van der Waals surface area contributed by atoms with Crippen molar-refractivity contribution in [2.24, 2.45) is 5.73 Å². The van der Waals surface area contributed by atoms with Crippen molar-refractivity contribution in [2.45, 2.75) is 19.4 Å². The van der Waals surface area contributed by atoms with Crippen LogP contribution >= 0.6 is 0 Å². The van der Waals surface area contributed by atoms with E-state index in [1.165, 1.54) is 0 Å². The van der Waals surface area contributed by atoms with Crippen molar-refractivity contribution in [3.05, 3.63) is 36.4 Å². The average Bonchev–Trinajstić information content (AvgIpc) is 3.18. The molecule has 0 fully saturated rings. The van der Waals surface area contributed by atoms with Gasteiger partial charge in [0.25, 0.3) is 0 Å². The third kappa shape index (κ3) is 2.55. The number of hydrogen-bond donors (Lipinski definition) is 2. The fourth-order valence-electron chi connectivity index (χ4n) is 3.01. The minimum atomic E-state index is 0.264. The summed E-state index contributed by atoms with van der Waals surface area (Å²) in [6, 6.07) is 11.7. The monoisotopic (exact) mass is 324 g/mol. The summed E-state index contributed by atoms with van der Waals surface area (Å²) in [4.78, 5) is 4.82. The molecule has 0 aliphatic carbocycles. The molecule has 1 aliphatic heterocycles. The van der Waals surface area contributed by atoms with Crippen molar-refractivity contribution in [1.29, 1.82) is 0 Å². The number of nitrogen functional groups attached to an aromatic ring is 1. The van der Waals surface area contributed by atoms with E-state index in [4.69, 9.17) is 25.9 Å². The zero-order valence-electron chi connectivity index (χ0n) is 13.4. The van der Waals surface area contributed by atoms with Crippen LogP contribution in [-0.2, 0) is 6.54 Å². The van der Waals surface area contributed by atoms with Crippen LogP contribution in [0.15, 0.2) is 36.4 Å². The van der Waals surface area contributed by atoms with Crippen LogP contribution in [0.5, 0.6) is 11.5 Å². The van der Waals surface area contributed by atoms with Crippen LogP contribution in [0.25, 0.3) is 22.4 Å². The van der Waals surface area contributed by atoms with Crippen molar-refractivity contribution in [3.8, 4) is 22.9 Å². The standard InChI is InChI=1S/C18H20N4O2/c19-7-1-2-8-22-15-10-17-16(23-11-24-17)9-14(15)21-18(22)12-3-5-13(20)6-4-12/h3-6,9-10H,1-2,7-8,11,19-20H2. The van der Waals surface area contributed by atoms with E-state index in [0.717, 1.165) is 59.0 Å². The van der Waals surface area contributed by atoms with E-state index in [1.54, 1.807) is 0 Å². The molecule has 3 aromatic rings. The predicted octanol–water partition coefficient (Wildman–Crippen LogP) is 2.75. The Balaban J connectivity index is 1.84. The van der Waals surface area contributed by atoms with E-state index >= 15 is 0 Å². The second kappa shape index (κ2) is 6.05. The lowest BCUT2D eigenvalue weighted by atomic mass is 10.2. The Morgan fingerprint density at radius 1 is 1.04 bits per heavy atom. The van der Waals surface area contributed by atoms with Crippen LogP contribution in [0.3, 0.4) is 0 Å². The number of ether oxygens (including phenoxy) is 2. The molecule has 24 heavy (non-hydrogen) atoms. The molecule has 0 spiro atoms. The van der Waals surface area contributed by atoms with Gasteiger partial charge in [-0.3, -0.25) is 0 Å². The zero-order chi connectivity index (χ0) is 16.5. The summed E-state index contributed by atoms with van der Waals surface area (Å²) in [6.45, 7) is 1.81. The number of anilines is 1. The third-order valence-corrected chi connectivity index (χ3v) is 4.25. The molecule has 124 valence electrons. The fourth-order valence-corrected chi connectivity index (χ4v) is 3.01. The Morgan fingerprint density at radius 2 is 1.79 bits per heavy atom. The number of nitrogens with zero attached hydrogens (tertiary/aromatic N) is 2. The summed E-state index contributed by atoms with van der Waals surface area (Å²) in [5, 5.41) is 0. The molecule has 4 rings (SSSR count). The Morgan fingerprint density at radius 3 is 2.54 bits per heavy atom. The zero-order valence-corrected chi connectivity index (χ0v) is 13.4. The molecule has 0 bridgehead atoms. The quantitative estimate of drug-likeness (QED) is 0.556. The summed E-state index contributed by atoms with van der Waals surface area (Å²) < 4.78 is 13.2. The highest BCUT2D eigenvalue weighted by Gasteiger charge is 2.19. The third-order valence-electron chi connectivity index (χ3n) is 4.25. The summed E-state index contributed by atoms with van der Waals surface area (Å²) in [7, 11) is 0. The van der Waals surface area contributed by atoms with E-state index in [1.807, 2.05) is 36.4 Å². The van der Waals surface area contributed by atoms with Crippen LogP contribution in [0.4, 0.5) is 5.69 Å². The number of benzene rings is 2. The molecule has 0 radical (unpaired) electrons. The number of fused-ring (bicyclic) bond motifs is 2. The van der Waals surface area contributed by atoms with Gasteiger partial charge in [-0.05, 0) is 43.7 Å². The number of imidazole rings is 1. The van der Waals surface area contributed by atoms with Crippen LogP contribution in [-0.4, -0.2) is 22.9 Å². The van der Waals surface area contributed by atoms with Crippen LogP contribution < -0.4 is 20.9 Å². The number of unbranched alkanes of at least 4 members (excludes halogenated alkanes) is 1. The molecular formula is C18H20N4O2. The lowest BCUT2D eigenvalue weighted by molar-refractivity contribution is 0.174. The second-order valence-corrected chi connectivity index (χ2v) is 5.90. The Bertz CT molecular complexity index is 871. The molecule has 6 nitrogen and oxygen atoms in total. The highest BCUT2D eigenvalue weighted by atomic mass is 16.7. The molecule has 1 aromatic heterocycles. The Labute approximate surface area is 140 Å². The molecule has 0 amide bonds. The van der Waals surface area contributed by atoms with Crippen molar-refractivity contribution < 1.29 is 9.47 Å². The molecular weight excluding hydrogens is 304 g/mol. The van der Waals surface area contributed by atoms with Gasteiger partial charge in [-0.25, -0.2) is 4.98 Å². The molecule has 4 N–H and O–H groups in total. The molecule has 2 heterocycles. The molecule has 0 saturated carbocycles. The number of aromatic nitrogens is 2. The number of aryl methyl sites for hydroxylation is 1. The molecule has 0 saturated heterocycles. The van der Waals surface area contributed by atoms with Crippen LogP contribution in [0, 0.1) is 0 Å².